The van der Waals surface area contributed by atoms with Crippen LogP contribution in [-0.4, -0.2) is 57.3 Å². The number of hydrogen-bond donors (Lipinski definition) is 4. The second-order valence-electron chi connectivity index (χ2n) is 8.94. The zero-order valence-electron chi connectivity index (χ0n) is 14.9. The van der Waals surface area contributed by atoms with Crippen LogP contribution >= 0.6 is 0 Å². The van der Waals surface area contributed by atoms with Gasteiger partial charge in [0, 0.05) is 24.2 Å². The molecule has 0 aliphatic heterocycles. The molecule has 0 bridgehead atoms. The number of rotatable bonds is 1. The Bertz CT molecular complexity index is 671. The van der Waals surface area contributed by atoms with Crippen molar-refractivity contribution in [3.05, 3.63) is 0 Å². The highest BCUT2D eigenvalue weighted by Crippen LogP contribution is 2.53. The van der Waals surface area contributed by atoms with Gasteiger partial charge in [-0.1, -0.05) is 0 Å². The maximum absolute atomic E-state index is 13.9. The molecule has 4 fully saturated rings. The van der Waals surface area contributed by atoms with Crippen LogP contribution in [-0.2, 0) is 14.4 Å². The van der Waals surface area contributed by atoms with E-state index in [4.69, 9.17) is 5.73 Å². The highest BCUT2D eigenvalue weighted by atomic mass is 19.1. The van der Waals surface area contributed by atoms with E-state index in [9.17, 15) is 34.1 Å². The second kappa shape index (κ2) is 6.60. The van der Waals surface area contributed by atoms with Crippen molar-refractivity contribution in [1.29, 1.82) is 0 Å². The number of nitrogens with two attached hydrogens (primary N) is 1. The minimum absolute atomic E-state index is 0.0820. The van der Waals surface area contributed by atoms with Gasteiger partial charge in [0.15, 0.2) is 5.78 Å². The molecule has 27 heavy (non-hydrogen) atoms. The number of aliphatic hydroxyl groups excluding tert-OH is 3. The van der Waals surface area contributed by atoms with Gasteiger partial charge < -0.3 is 21.1 Å². The van der Waals surface area contributed by atoms with Crippen LogP contribution in [0, 0.1) is 41.4 Å². The lowest BCUT2D eigenvalue weighted by Gasteiger charge is -2.53. The number of amides is 1. The van der Waals surface area contributed by atoms with E-state index in [0.717, 1.165) is 0 Å². The number of ketones is 2. The van der Waals surface area contributed by atoms with Crippen molar-refractivity contribution in [1.82, 2.24) is 0 Å². The summed E-state index contributed by atoms with van der Waals surface area (Å²) >= 11 is 0. The summed E-state index contributed by atoms with van der Waals surface area (Å²) in [6.07, 6.45) is -3.36. The van der Waals surface area contributed by atoms with Crippen LogP contribution in [0.25, 0.3) is 0 Å². The second-order valence-corrected chi connectivity index (χ2v) is 8.94. The number of primary amides is 1. The normalized spacial score (nSPS) is 52.5. The lowest BCUT2D eigenvalue weighted by atomic mass is 9.51. The molecule has 0 radical (unpaired) electrons. The maximum atomic E-state index is 13.9. The minimum atomic E-state index is -1.36. The first-order chi connectivity index (χ1) is 12.7. The summed E-state index contributed by atoms with van der Waals surface area (Å²) in [6.45, 7) is 0. The van der Waals surface area contributed by atoms with Gasteiger partial charge in [0.25, 0.3) is 0 Å². The topological polar surface area (TPSA) is 138 Å². The van der Waals surface area contributed by atoms with Crippen LogP contribution < -0.4 is 5.73 Å². The molecule has 7 nitrogen and oxygen atoms in total. The Labute approximate surface area is 156 Å². The average molecular weight is 383 g/mol. The number of carbonyl (C=O) groups is 3. The van der Waals surface area contributed by atoms with Gasteiger partial charge in [-0.15, -0.1) is 0 Å². The smallest absolute Gasteiger partial charge is 0.230 e. The zero-order valence-corrected chi connectivity index (χ0v) is 14.9. The van der Waals surface area contributed by atoms with E-state index in [1.165, 1.54) is 0 Å². The fourth-order valence-electron chi connectivity index (χ4n) is 6.49. The summed E-state index contributed by atoms with van der Waals surface area (Å²) < 4.78 is 13.9. The zero-order chi connectivity index (χ0) is 19.6. The van der Waals surface area contributed by atoms with Crippen LogP contribution in [0.3, 0.4) is 0 Å². The number of carbonyl (C=O) groups excluding carboxylic acids is 3. The van der Waals surface area contributed by atoms with E-state index in [0.29, 0.717) is 12.8 Å². The van der Waals surface area contributed by atoms with Crippen LogP contribution in [0.15, 0.2) is 0 Å². The van der Waals surface area contributed by atoms with E-state index >= 15 is 0 Å². The first-order valence-corrected chi connectivity index (χ1v) is 9.75. The molecule has 11 unspecified atom stereocenters. The minimum Gasteiger partial charge on any atom is -0.392 e. The van der Waals surface area contributed by atoms with Crippen LogP contribution in [0.2, 0.25) is 0 Å². The summed E-state index contributed by atoms with van der Waals surface area (Å²) in [4.78, 5) is 37.4. The largest absolute Gasteiger partial charge is 0.392 e. The first-order valence-electron chi connectivity index (χ1n) is 9.75. The Balaban J connectivity index is 1.63. The number of aliphatic hydroxyl groups is 3. The maximum Gasteiger partial charge on any atom is 0.230 e. The van der Waals surface area contributed by atoms with Crippen molar-refractivity contribution in [3.8, 4) is 0 Å². The quantitative estimate of drug-likeness (QED) is 0.444. The molecule has 11 atom stereocenters. The Morgan fingerprint density at radius 2 is 1.37 bits per heavy atom. The molecule has 150 valence electrons. The first kappa shape index (κ1) is 19.0. The molecule has 4 aliphatic carbocycles. The van der Waals surface area contributed by atoms with Crippen molar-refractivity contribution < 1.29 is 34.1 Å². The number of hydrogen-bond acceptors (Lipinski definition) is 6. The molecule has 8 heteroatoms. The third-order valence-electron chi connectivity index (χ3n) is 7.47. The molecular weight excluding hydrogens is 357 g/mol. The molecule has 1 amide bonds. The van der Waals surface area contributed by atoms with Crippen molar-refractivity contribution in [2.45, 2.75) is 56.6 Å². The summed E-state index contributed by atoms with van der Waals surface area (Å²) in [5, 5.41) is 31.4. The van der Waals surface area contributed by atoms with Gasteiger partial charge in [-0.2, -0.15) is 0 Å². The number of halogens is 1. The Morgan fingerprint density at radius 3 is 2.00 bits per heavy atom. The summed E-state index contributed by atoms with van der Waals surface area (Å²) in [7, 11) is 0. The van der Waals surface area contributed by atoms with Crippen LogP contribution in [0.5, 0.6) is 0 Å². The van der Waals surface area contributed by atoms with Crippen molar-refractivity contribution in [3.63, 3.8) is 0 Å². The molecule has 0 spiro atoms. The van der Waals surface area contributed by atoms with Gasteiger partial charge in [0.1, 0.15) is 17.9 Å². The van der Waals surface area contributed by atoms with E-state index in [1.54, 1.807) is 0 Å². The number of alkyl halides is 1. The lowest BCUT2D eigenvalue weighted by molar-refractivity contribution is -0.172. The SMILES string of the molecule is NC(=O)C1C(=O)C2C(CC1O)CC1CC3CC(F)CC(O)C3C(=O)C1C2O. The van der Waals surface area contributed by atoms with Gasteiger partial charge in [-0.3, -0.25) is 14.4 Å². The number of Topliss-reactive ketones (excluding diaryl/α,β-unsaturated/α-hetero) is 2. The molecule has 0 saturated heterocycles. The summed E-state index contributed by atoms with van der Waals surface area (Å²) in [5.74, 6) is -6.41. The third kappa shape index (κ3) is 2.84. The van der Waals surface area contributed by atoms with Crippen molar-refractivity contribution in [2.24, 2.45) is 47.2 Å². The Morgan fingerprint density at radius 1 is 0.815 bits per heavy atom. The highest BCUT2D eigenvalue weighted by Gasteiger charge is 2.60. The fraction of sp³-hybridized carbons (Fsp3) is 0.842. The van der Waals surface area contributed by atoms with Crippen molar-refractivity contribution >= 4 is 17.5 Å². The van der Waals surface area contributed by atoms with Gasteiger partial charge in [-0.05, 0) is 43.4 Å². The molecule has 0 aromatic carbocycles. The van der Waals surface area contributed by atoms with Crippen molar-refractivity contribution in [2.75, 3.05) is 0 Å². The molecule has 0 aromatic heterocycles. The van der Waals surface area contributed by atoms with Crippen LogP contribution in [0.1, 0.15) is 32.1 Å². The molecule has 0 aromatic rings. The summed E-state index contributed by atoms with van der Waals surface area (Å²) in [6, 6.07) is 0. The summed E-state index contributed by atoms with van der Waals surface area (Å²) in [5.41, 5.74) is 5.26. The monoisotopic (exact) mass is 383 g/mol. The average Bonchev–Trinajstić information content (AvgIpc) is 2.52. The predicted octanol–water partition coefficient (Wildman–Crippen LogP) is -0.651. The predicted molar refractivity (Wildman–Crippen MR) is 89.6 cm³/mol. The molecular formula is C19H26FNO6. The number of fused-ring (bicyclic) bond motifs is 3. The van der Waals surface area contributed by atoms with Gasteiger partial charge in [-0.25, -0.2) is 4.39 Å². The van der Waals surface area contributed by atoms with Gasteiger partial charge >= 0.3 is 0 Å². The van der Waals surface area contributed by atoms with Gasteiger partial charge in [0.05, 0.1) is 18.3 Å². The van der Waals surface area contributed by atoms with E-state index < -0.39 is 59.8 Å². The molecule has 0 heterocycles. The highest BCUT2D eigenvalue weighted by molar-refractivity contribution is 6.03. The van der Waals surface area contributed by atoms with E-state index in [2.05, 4.69) is 0 Å². The van der Waals surface area contributed by atoms with Crippen LogP contribution in [0.4, 0.5) is 4.39 Å². The molecule has 4 rings (SSSR count). The molecule has 5 N–H and O–H groups in total. The van der Waals surface area contributed by atoms with E-state index in [-0.39, 0.29) is 42.8 Å². The van der Waals surface area contributed by atoms with Gasteiger partial charge in [0.2, 0.25) is 5.91 Å². The lowest BCUT2D eigenvalue weighted by Crippen LogP contribution is -2.62. The van der Waals surface area contributed by atoms with E-state index in [1.807, 2.05) is 0 Å². The Hall–Kier alpha value is -1.38. The molecule has 4 saturated carbocycles. The Kier molecular flexibility index (Phi) is 4.63. The third-order valence-corrected chi connectivity index (χ3v) is 7.47. The fourth-order valence-corrected chi connectivity index (χ4v) is 6.49. The standard InChI is InChI=1S/C19H26FNO6/c20-9-3-7-1-6-2-8-4-10(22)15(19(21)27)18(26)14(8)17(25)13(6)16(24)12(7)11(23)5-9/h6-15,17,22-23,25H,1-5H2,(H2,21,27). The molecule has 4 aliphatic rings.